The fourth-order valence-electron chi connectivity index (χ4n) is 1.18. The van der Waals surface area contributed by atoms with Crippen molar-refractivity contribution in [3.05, 3.63) is 23.8 Å². The predicted molar refractivity (Wildman–Crippen MR) is 50.7 cm³/mol. The van der Waals surface area contributed by atoms with E-state index in [2.05, 4.69) is 4.74 Å². The van der Waals surface area contributed by atoms with E-state index in [0.717, 1.165) is 0 Å². The summed E-state index contributed by atoms with van der Waals surface area (Å²) in [6, 6.07) is 3.57. The van der Waals surface area contributed by atoms with Gasteiger partial charge in [-0.2, -0.15) is 8.78 Å². The van der Waals surface area contributed by atoms with E-state index in [4.69, 9.17) is 5.11 Å². The number of halogens is 2. The third-order valence-electron chi connectivity index (χ3n) is 1.88. The van der Waals surface area contributed by atoms with Crippen LogP contribution >= 0.6 is 0 Å². The van der Waals surface area contributed by atoms with E-state index < -0.39 is 12.6 Å². The first-order chi connectivity index (χ1) is 7.49. The number of phenolic OH excluding ortho intramolecular Hbond substituents is 1. The van der Waals surface area contributed by atoms with E-state index in [-0.39, 0.29) is 29.9 Å². The van der Waals surface area contributed by atoms with Crippen LogP contribution in [0.1, 0.15) is 12.0 Å². The van der Waals surface area contributed by atoms with Crippen LogP contribution < -0.4 is 4.74 Å². The summed E-state index contributed by atoms with van der Waals surface area (Å²) in [4.78, 5) is 10.3. The minimum Gasteiger partial charge on any atom is -0.508 e. The number of hydrogen-bond donors (Lipinski definition) is 2. The van der Waals surface area contributed by atoms with Crippen LogP contribution in [0.4, 0.5) is 8.78 Å². The summed E-state index contributed by atoms with van der Waals surface area (Å²) >= 11 is 0. The Morgan fingerprint density at radius 1 is 1.44 bits per heavy atom. The van der Waals surface area contributed by atoms with Crippen molar-refractivity contribution in [3.8, 4) is 11.5 Å². The molecule has 0 radical (unpaired) electrons. The van der Waals surface area contributed by atoms with Crippen molar-refractivity contribution in [3.63, 3.8) is 0 Å². The number of carboxylic acids is 1. The Bertz CT molecular complexity index is 379. The largest absolute Gasteiger partial charge is 0.508 e. The third kappa shape index (κ3) is 3.72. The molecule has 0 aliphatic heterocycles. The monoisotopic (exact) mass is 232 g/mol. The van der Waals surface area contributed by atoms with Crippen LogP contribution in [0.3, 0.4) is 0 Å². The van der Waals surface area contributed by atoms with Crippen LogP contribution in [0.25, 0.3) is 0 Å². The molecule has 1 aromatic rings. The number of carbonyl (C=O) groups is 1. The van der Waals surface area contributed by atoms with Crippen molar-refractivity contribution in [1.82, 2.24) is 0 Å². The van der Waals surface area contributed by atoms with Crippen LogP contribution in [0, 0.1) is 0 Å². The number of aryl methyl sites for hydroxylation is 1. The summed E-state index contributed by atoms with van der Waals surface area (Å²) in [5.74, 6) is -1.27. The zero-order chi connectivity index (χ0) is 12.1. The van der Waals surface area contributed by atoms with Crippen LogP contribution in [0.2, 0.25) is 0 Å². The number of aliphatic carboxylic acids is 1. The Balaban J connectivity index is 2.77. The third-order valence-corrected chi connectivity index (χ3v) is 1.88. The summed E-state index contributed by atoms with van der Waals surface area (Å²) in [7, 11) is 0. The topological polar surface area (TPSA) is 66.8 Å². The molecule has 0 aliphatic rings. The van der Waals surface area contributed by atoms with Crippen molar-refractivity contribution in [2.45, 2.75) is 19.5 Å². The van der Waals surface area contributed by atoms with Crippen molar-refractivity contribution >= 4 is 5.97 Å². The van der Waals surface area contributed by atoms with Gasteiger partial charge in [0.25, 0.3) is 0 Å². The molecular formula is C10H10F2O4. The van der Waals surface area contributed by atoms with Crippen LogP contribution in [0.5, 0.6) is 11.5 Å². The minimum atomic E-state index is -2.95. The molecule has 88 valence electrons. The van der Waals surface area contributed by atoms with E-state index in [1.807, 2.05) is 0 Å². The number of phenols is 1. The molecule has 4 nitrogen and oxygen atoms in total. The second-order valence-electron chi connectivity index (χ2n) is 3.06. The normalized spacial score (nSPS) is 10.4. The Kier molecular flexibility index (Phi) is 4.04. The summed E-state index contributed by atoms with van der Waals surface area (Å²) in [5.41, 5.74) is 0.264. The van der Waals surface area contributed by atoms with Gasteiger partial charge in [-0.3, -0.25) is 4.79 Å². The van der Waals surface area contributed by atoms with Crippen LogP contribution in [0.15, 0.2) is 18.2 Å². The van der Waals surface area contributed by atoms with Gasteiger partial charge in [0.1, 0.15) is 11.5 Å². The number of carboxylic acid groups (broad SMARTS) is 1. The van der Waals surface area contributed by atoms with Crippen LogP contribution in [-0.4, -0.2) is 22.8 Å². The average Bonchev–Trinajstić information content (AvgIpc) is 2.18. The molecule has 2 N–H and O–H groups in total. The number of rotatable bonds is 5. The molecule has 0 amide bonds. The molecular weight excluding hydrogens is 222 g/mol. The van der Waals surface area contributed by atoms with E-state index in [9.17, 15) is 18.7 Å². The Labute approximate surface area is 90.1 Å². The fraction of sp³-hybridized carbons (Fsp3) is 0.300. The lowest BCUT2D eigenvalue weighted by molar-refractivity contribution is -0.136. The van der Waals surface area contributed by atoms with Gasteiger partial charge in [0.05, 0.1) is 0 Å². The minimum absolute atomic E-state index is 0.0571. The van der Waals surface area contributed by atoms with Crippen molar-refractivity contribution in [2.75, 3.05) is 0 Å². The maximum absolute atomic E-state index is 11.9. The van der Waals surface area contributed by atoms with Crippen molar-refractivity contribution < 1.29 is 28.5 Å². The van der Waals surface area contributed by atoms with Crippen molar-refractivity contribution in [2.24, 2.45) is 0 Å². The van der Waals surface area contributed by atoms with Crippen LogP contribution in [-0.2, 0) is 11.2 Å². The SMILES string of the molecule is O=C(O)CCc1cc(OC(F)F)ccc1O. The molecule has 6 heteroatoms. The Morgan fingerprint density at radius 2 is 2.12 bits per heavy atom. The molecule has 1 rings (SSSR count). The Morgan fingerprint density at radius 3 is 2.69 bits per heavy atom. The first-order valence-corrected chi connectivity index (χ1v) is 4.47. The number of hydrogen-bond acceptors (Lipinski definition) is 3. The van der Waals surface area contributed by atoms with E-state index >= 15 is 0 Å². The number of aromatic hydroxyl groups is 1. The highest BCUT2D eigenvalue weighted by atomic mass is 19.3. The summed E-state index contributed by atoms with van der Waals surface area (Å²) < 4.78 is 27.9. The van der Waals surface area contributed by atoms with Gasteiger partial charge in [-0.15, -0.1) is 0 Å². The highest BCUT2D eigenvalue weighted by Gasteiger charge is 2.09. The second-order valence-corrected chi connectivity index (χ2v) is 3.06. The molecule has 0 fully saturated rings. The zero-order valence-corrected chi connectivity index (χ0v) is 8.19. The molecule has 0 aromatic heterocycles. The van der Waals surface area contributed by atoms with Gasteiger partial charge in [0.15, 0.2) is 0 Å². The van der Waals surface area contributed by atoms with Crippen molar-refractivity contribution in [1.29, 1.82) is 0 Å². The van der Waals surface area contributed by atoms with Gasteiger partial charge in [0.2, 0.25) is 0 Å². The highest BCUT2D eigenvalue weighted by molar-refractivity contribution is 5.67. The van der Waals surface area contributed by atoms with Gasteiger partial charge in [-0.25, -0.2) is 0 Å². The van der Waals surface area contributed by atoms with E-state index in [1.54, 1.807) is 0 Å². The predicted octanol–water partition coefficient (Wildman–Crippen LogP) is 2.01. The van der Waals surface area contributed by atoms with E-state index in [1.165, 1.54) is 18.2 Å². The average molecular weight is 232 g/mol. The quantitative estimate of drug-likeness (QED) is 0.814. The number of alkyl halides is 2. The first kappa shape index (κ1) is 12.2. The molecule has 0 spiro atoms. The molecule has 0 bridgehead atoms. The van der Waals surface area contributed by atoms with Gasteiger partial charge in [-0.1, -0.05) is 0 Å². The maximum atomic E-state index is 11.9. The maximum Gasteiger partial charge on any atom is 0.387 e. The molecule has 16 heavy (non-hydrogen) atoms. The zero-order valence-electron chi connectivity index (χ0n) is 8.19. The lowest BCUT2D eigenvalue weighted by atomic mass is 10.1. The summed E-state index contributed by atoms with van der Waals surface area (Å²) in [6.45, 7) is -2.95. The van der Waals surface area contributed by atoms with E-state index in [0.29, 0.717) is 0 Å². The molecule has 1 aromatic carbocycles. The van der Waals surface area contributed by atoms with Gasteiger partial charge < -0.3 is 14.9 Å². The highest BCUT2D eigenvalue weighted by Crippen LogP contribution is 2.25. The molecule has 0 heterocycles. The molecule has 0 atom stereocenters. The van der Waals surface area contributed by atoms with Gasteiger partial charge in [0, 0.05) is 6.42 Å². The lowest BCUT2D eigenvalue weighted by Crippen LogP contribution is -2.03. The second kappa shape index (κ2) is 5.29. The first-order valence-electron chi connectivity index (χ1n) is 4.47. The number of benzene rings is 1. The lowest BCUT2D eigenvalue weighted by Gasteiger charge is -2.07. The smallest absolute Gasteiger partial charge is 0.387 e. The number of ether oxygens (including phenoxy) is 1. The molecule has 0 saturated heterocycles. The Hall–Kier alpha value is -1.85. The summed E-state index contributed by atoms with van der Waals surface area (Å²) in [6.07, 6.45) is -0.132. The van der Waals surface area contributed by atoms with Gasteiger partial charge in [-0.05, 0) is 30.2 Å². The van der Waals surface area contributed by atoms with Gasteiger partial charge >= 0.3 is 12.6 Å². The molecule has 0 saturated carbocycles. The standard InChI is InChI=1S/C10H10F2O4/c11-10(12)16-7-2-3-8(13)6(5-7)1-4-9(14)15/h2-3,5,10,13H,1,4H2,(H,14,15). The molecule has 0 unspecified atom stereocenters. The summed E-state index contributed by atoms with van der Waals surface area (Å²) in [5, 5.41) is 17.8. The molecule has 0 aliphatic carbocycles. The fourth-order valence-corrected chi connectivity index (χ4v) is 1.18.